The maximum atomic E-state index is 6.01. The van der Waals surface area contributed by atoms with Crippen molar-refractivity contribution in [3.63, 3.8) is 0 Å². The second-order valence-electron chi connectivity index (χ2n) is 6.03. The first-order valence-corrected chi connectivity index (χ1v) is 9.16. The van der Waals surface area contributed by atoms with E-state index in [4.69, 9.17) is 27.9 Å². The smallest absolute Gasteiger partial charge is 0.189 e. The van der Waals surface area contributed by atoms with Gasteiger partial charge in [0.25, 0.3) is 0 Å². The Morgan fingerprint density at radius 1 is 0.964 bits per heavy atom. The van der Waals surface area contributed by atoms with Crippen LogP contribution in [0.15, 0.2) is 61.1 Å². The number of aromatic nitrogens is 6. The average Bonchev–Trinajstić information content (AvgIpc) is 3.33. The lowest BCUT2D eigenvalue weighted by atomic mass is 10.3. The van der Waals surface area contributed by atoms with E-state index in [1.165, 1.54) is 0 Å². The molecule has 0 aliphatic heterocycles. The summed E-state index contributed by atoms with van der Waals surface area (Å²) in [5, 5.41) is 10.6. The molecule has 0 atom stereocenters. The summed E-state index contributed by atoms with van der Waals surface area (Å²) >= 11 is 11.9. The van der Waals surface area contributed by atoms with Crippen molar-refractivity contribution in [3.8, 4) is 11.4 Å². The Hall–Kier alpha value is -3.16. The van der Waals surface area contributed by atoms with Gasteiger partial charge in [-0.1, -0.05) is 41.4 Å². The van der Waals surface area contributed by atoms with Crippen LogP contribution >= 0.6 is 23.2 Å². The van der Waals surface area contributed by atoms with Gasteiger partial charge in [0.1, 0.15) is 18.7 Å². The molecule has 0 amide bonds. The third-order valence-corrected chi connectivity index (χ3v) is 4.95. The first-order chi connectivity index (χ1) is 13.7. The highest BCUT2D eigenvalue weighted by Gasteiger charge is 2.14. The fourth-order valence-electron chi connectivity index (χ4n) is 2.90. The van der Waals surface area contributed by atoms with Crippen molar-refractivity contribution in [1.82, 2.24) is 29.4 Å². The van der Waals surface area contributed by atoms with Crippen LogP contribution in [0.3, 0.4) is 0 Å². The number of benzene rings is 2. The lowest BCUT2D eigenvalue weighted by molar-refractivity contribution is 0.296. The molecule has 0 radical (unpaired) electrons. The van der Waals surface area contributed by atoms with Crippen LogP contribution in [-0.2, 0) is 6.61 Å². The highest BCUT2D eigenvalue weighted by atomic mass is 35.5. The number of fused-ring (bicyclic) bond motifs is 3. The number of ether oxygens (including phenoxy) is 1. The van der Waals surface area contributed by atoms with E-state index in [0.717, 1.165) is 11.1 Å². The molecule has 138 valence electrons. The van der Waals surface area contributed by atoms with Crippen molar-refractivity contribution in [2.45, 2.75) is 6.61 Å². The van der Waals surface area contributed by atoms with Gasteiger partial charge in [-0.25, -0.2) is 19.2 Å². The summed E-state index contributed by atoms with van der Waals surface area (Å²) in [7, 11) is 0. The van der Waals surface area contributed by atoms with Crippen molar-refractivity contribution in [3.05, 3.63) is 76.9 Å². The molecule has 0 spiro atoms. The van der Waals surface area contributed by atoms with Crippen molar-refractivity contribution in [2.75, 3.05) is 0 Å². The number of nitrogens with zero attached hydrogens (tertiary/aromatic N) is 6. The minimum atomic E-state index is 0.188. The number of rotatable bonds is 4. The quantitative estimate of drug-likeness (QED) is 0.440. The number of halogens is 2. The third kappa shape index (κ3) is 2.94. The summed E-state index contributed by atoms with van der Waals surface area (Å²) in [4.78, 5) is 9.06. The van der Waals surface area contributed by atoms with E-state index < -0.39 is 0 Å². The Balaban J connectivity index is 1.48. The summed E-state index contributed by atoms with van der Waals surface area (Å²) in [6.45, 7) is 0.188. The molecule has 5 aromatic rings. The molecular weight excluding hydrogens is 399 g/mol. The van der Waals surface area contributed by atoms with Crippen molar-refractivity contribution >= 4 is 39.9 Å². The molecule has 0 unspecified atom stereocenters. The molecule has 0 aliphatic carbocycles. The Labute approximate surface area is 169 Å². The zero-order valence-electron chi connectivity index (χ0n) is 14.3. The maximum absolute atomic E-state index is 6.01. The number of hydrogen-bond acceptors (Lipinski definition) is 5. The molecule has 28 heavy (non-hydrogen) atoms. The van der Waals surface area contributed by atoms with Gasteiger partial charge in [0.15, 0.2) is 17.1 Å². The fourth-order valence-corrected chi connectivity index (χ4v) is 3.19. The van der Waals surface area contributed by atoms with Crippen molar-refractivity contribution < 1.29 is 4.74 Å². The van der Waals surface area contributed by atoms with Gasteiger partial charge >= 0.3 is 0 Å². The van der Waals surface area contributed by atoms with Crippen LogP contribution in [0, 0.1) is 0 Å². The van der Waals surface area contributed by atoms with Crippen LogP contribution in [0.5, 0.6) is 5.75 Å². The van der Waals surface area contributed by atoms with E-state index in [-0.39, 0.29) is 6.61 Å². The van der Waals surface area contributed by atoms with Gasteiger partial charge in [-0.15, -0.1) is 5.10 Å². The van der Waals surface area contributed by atoms with E-state index in [1.807, 2.05) is 30.3 Å². The molecule has 9 heteroatoms. The SMILES string of the molecule is Clc1ccc(OCc2nc3c4cnn(-c5ccccc5)c4ncn3n2)cc1Cl. The maximum Gasteiger partial charge on any atom is 0.189 e. The van der Waals surface area contributed by atoms with Crippen LogP contribution < -0.4 is 4.74 Å². The van der Waals surface area contributed by atoms with Crippen LogP contribution in [0.2, 0.25) is 10.0 Å². The van der Waals surface area contributed by atoms with Crippen LogP contribution in [-0.4, -0.2) is 29.4 Å². The third-order valence-electron chi connectivity index (χ3n) is 4.21. The monoisotopic (exact) mass is 410 g/mol. The summed E-state index contributed by atoms with van der Waals surface area (Å²) < 4.78 is 9.11. The van der Waals surface area contributed by atoms with Gasteiger partial charge in [-0.3, -0.25) is 0 Å². The second-order valence-corrected chi connectivity index (χ2v) is 6.85. The summed E-state index contributed by atoms with van der Waals surface area (Å²) in [5.41, 5.74) is 2.31. The normalized spacial score (nSPS) is 11.4. The molecular formula is C19H12Cl2N6O. The lowest BCUT2D eigenvalue weighted by Crippen LogP contribution is -1.99. The Kier molecular flexibility index (Phi) is 4.11. The molecule has 0 saturated heterocycles. The van der Waals surface area contributed by atoms with Gasteiger partial charge < -0.3 is 4.74 Å². The minimum absolute atomic E-state index is 0.188. The molecule has 3 heterocycles. The van der Waals surface area contributed by atoms with Crippen LogP contribution in [0.4, 0.5) is 0 Å². The first kappa shape index (κ1) is 17.0. The summed E-state index contributed by atoms with van der Waals surface area (Å²) in [6.07, 6.45) is 3.36. The molecule has 3 aromatic heterocycles. The zero-order valence-corrected chi connectivity index (χ0v) is 15.8. The van der Waals surface area contributed by atoms with Crippen LogP contribution in [0.25, 0.3) is 22.4 Å². The molecule has 2 aromatic carbocycles. The Bertz CT molecular complexity index is 1300. The fraction of sp³-hybridized carbons (Fsp3) is 0.0526. The van der Waals surface area contributed by atoms with E-state index in [1.54, 1.807) is 39.9 Å². The molecule has 0 aliphatic rings. The van der Waals surface area contributed by atoms with Crippen LogP contribution in [0.1, 0.15) is 5.82 Å². The minimum Gasteiger partial charge on any atom is -0.485 e. The largest absolute Gasteiger partial charge is 0.485 e. The molecule has 7 nitrogen and oxygen atoms in total. The zero-order chi connectivity index (χ0) is 19.1. The predicted octanol–water partition coefficient (Wildman–Crippen LogP) is 4.35. The lowest BCUT2D eigenvalue weighted by Gasteiger charge is -2.04. The molecule has 0 fully saturated rings. The van der Waals surface area contributed by atoms with Gasteiger partial charge in [0.2, 0.25) is 0 Å². The molecule has 0 N–H and O–H groups in total. The second kappa shape index (κ2) is 6.78. The Morgan fingerprint density at radius 3 is 2.64 bits per heavy atom. The highest BCUT2D eigenvalue weighted by Crippen LogP contribution is 2.27. The van der Waals surface area contributed by atoms with E-state index in [2.05, 4.69) is 20.2 Å². The van der Waals surface area contributed by atoms with Gasteiger partial charge in [-0.2, -0.15) is 5.10 Å². The average molecular weight is 411 g/mol. The predicted molar refractivity (Wildman–Crippen MR) is 106 cm³/mol. The topological polar surface area (TPSA) is 70.1 Å². The standard InChI is InChI=1S/C19H12Cl2N6O/c20-15-7-6-13(8-16(15)21)28-10-17-24-19-14-9-23-27(12-4-2-1-3-5-12)18(14)22-11-26(19)25-17/h1-9,11H,10H2. The summed E-state index contributed by atoms with van der Waals surface area (Å²) in [5.74, 6) is 1.11. The van der Waals surface area contributed by atoms with Gasteiger partial charge in [-0.05, 0) is 24.3 Å². The Morgan fingerprint density at radius 2 is 1.82 bits per heavy atom. The van der Waals surface area contributed by atoms with E-state index >= 15 is 0 Å². The molecule has 0 bridgehead atoms. The van der Waals surface area contributed by atoms with Crippen molar-refractivity contribution in [2.24, 2.45) is 0 Å². The van der Waals surface area contributed by atoms with E-state index in [0.29, 0.717) is 32.9 Å². The van der Waals surface area contributed by atoms with E-state index in [9.17, 15) is 0 Å². The summed E-state index contributed by atoms with van der Waals surface area (Å²) in [6, 6.07) is 14.9. The number of para-hydroxylation sites is 1. The molecule has 5 rings (SSSR count). The first-order valence-electron chi connectivity index (χ1n) is 8.40. The highest BCUT2D eigenvalue weighted by molar-refractivity contribution is 6.42. The number of hydrogen-bond donors (Lipinski definition) is 0. The van der Waals surface area contributed by atoms with Gasteiger partial charge in [0, 0.05) is 6.07 Å². The molecule has 0 saturated carbocycles. The van der Waals surface area contributed by atoms with Crippen molar-refractivity contribution in [1.29, 1.82) is 0 Å². The van der Waals surface area contributed by atoms with Gasteiger partial charge in [0.05, 0.1) is 27.3 Å².